The van der Waals surface area contributed by atoms with Crippen LogP contribution in [-0.2, 0) is 4.79 Å². The number of carbonyl (C=O) groups is 1. The lowest BCUT2D eigenvalue weighted by Gasteiger charge is -2.09. The van der Waals surface area contributed by atoms with E-state index in [1.54, 1.807) is 6.08 Å². The third-order valence-electron chi connectivity index (χ3n) is 2.33. The highest BCUT2D eigenvalue weighted by Crippen LogP contribution is 2.21. The Morgan fingerprint density at radius 2 is 2.24 bits per heavy atom. The molecule has 0 bridgehead atoms. The summed E-state index contributed by atoms with van der Waals surface area (Å²) < 4.78 is 5.62. The third kappa shape index (κ3) is 4.72. The molecular weight excluding hydrogens is 216 g/mol. The van der Waals surface area contributed by atoms with Crippen LogP contribution in [0.1, 0.15) is 30.9 Å². The highest BCUT2D eigenvalue weighted by molar-refractivity contribution is 5.85. The van der Waals surface area contributed by atoms with Gasteiger partial charge >= 0.3 is 5.97 Å². The Morgan fingerprint density at radius 3 is 2.88 bits per heavy atom. The molecule has 0 atom stereocenters. The molecule has 0 radical (unpaired) electrons. The Hall–Kier alpha value is -1.77. The van der Waals surface area contributed by atoms with Crippen molar-refractivity contribution < 1.29 is 14.6 Å². The van der Waals surface area contributed by atoms with E-state index in [1.165, 1.54) is 0 Å². The predicted octanol–water partition coefficient (Wildman–Crippen LogP) is 3.27. The number of hydrogen-bond donors (Lipinski definition) is 1. The van der Waals surface area contributed by atoms with Crippen molar-refractivity contribution in [2.45, 2.75) is 26.7 Å². The fourth-order valence-corrected chi connectivity index (χ4v) is 1.42. The summed E-state index contributed by atoms with van der Waals surface area (Å²) in [6.45, 7) is 4.73. The molecule has 0 aliphatic carbocycles. The number of aliphatic carboxylic acids is 1. The highest BCUT2D eigenvalue weighted by Gasteiger charge is 2.01. The average Bonchev–Trinajstić information content (AvgIpc) is 2.29. The van der Waals surface area contributed by atoms with E-state index in [-0.39, 0.29) is 0 Å². The van der Waals surface area contributed by atoms with Crippen molar-refractivity contribution in [3.05, 3.63) is 35.4 Å². The van der Waals surface area contributed by atoms with Crippen molar-refractivity contribution in [2.75, 3.05) is 6.61 Å². The molecule has 0 saturated heterocycles. The fourth-order valence-electron chi connectivity index (χ4n) is 1.42. The molecule has 3 heteroatoms. The van der Waals surface area contributed by atoms with Crippen molar-refractivity contribution in [3.63, 3.8) is 0 Å². The molecule has 0 unspecified atom stereocenters. The molecule has 0 fully saturated rings. The number of carboxylic acid groups (broad SMARTS) is 1. The van der Waals surface area contributed by atoms with Crippen LogP contribution < -0.4 is 4.74 Å². The SMILES string of the molecule is CCCCOc1ccc(C)cc1C=CC(=O)O. The number of benzene rings is 1. The zero-order valence-corrected chi connectivity index (χ0v) is 10.3. The highest BCUT2D eigenvalue weighted by atomic mass is 16.5. The van der Waals surface area contributed by atoms with Gasteiger partial charge in [0.15, 0.2) is 0 Å². The van der Waals surface area contributed by atoms with Crippen LogP contribution in [-0.4, -0.2) is 17.7 Å². The minimum Gasteiger partial charge on any atom is -0.493 e. The van der Waals surface area contributed by atoms with Crippen molar-refractivity contribution in [3.8, 4) is 5.75 Å². The molecule has 0 aliphatic heterocycles. The molecule has 1 aromatic carbocycles. The lowest BCUT2D eigenvalue weighted by Crippen LogP contribution is -1.98. The van der Waals surface area contributed by atoms with Gasteiger partial charge in [-0.05, 0) is 31.6 Å². The van der Waals surface area contributed by atoms with Crippen LogP contribution in [0.15, 0.2) is 24.3 Å². The summed E-state index contributed by atoms with van der Waals surface area (Å²) in [6.07, 6.45) is 4.76. The van der Waals surface area contributed by atoms with E-state index < -0.39 is 5.97 Å². The number of carboxylic acids is 1. The van der Waals surface area contributed by atoms with Gasteiger partial charge in [0.1, 0.15) is 5.75 Å². The van der Waals surface area contributed by atoms with Gasteiger partial charge < -0.3 is 9.84 Å². The molecule has 0 amide bonds. The molecule has 1 N–H and O–H groups in total. The molecule has 1 aromatic rings. The second-order valence-electron chi connectivity index (χ2n) is 3.91. The number of ether oxygens (including phenoxy) is 1. The van der Waals surface area contributed by atoms with Gasteiger partial charge in [0.2, 0.25) is 0 Å². The van der Waals surface area contributed by atoms with E-state index in [0.29, 0.717) is 6.61 Å². The van der Waals surface area contributed by atoms with Gasteiger partial charge in [0, 0.05) is 11.6 Å². The lowest BCUT2D eigenvalue weighted by atomic mass is 10.1. The number of hydrogen-bond acceptors (Lipinski definition) is 2. The largest absolute Gasteiger partial charge is 0.493 e. The Bertz CT molecular complexity index is 408. The minimum atomic E-state index is -0.953. The van der Waals surface area contributed by atoms with Gasteiger partial charge in [-0.25, -0.2) is 4.79 Å². The summed E-state index contributed by atoms with van der Waals surface area (Å²) in [5.41, 5.74) is 1.89. The van der Waals surface area contributed by atoms with Crippen LogP contribution in [0.2, 0.25) is 0 Å². The zero-order chi connectivity index (χ0) is 12.7. The molecule has 92 valence electrons. The number of aryl methyl sites for hydroxylation is 1. The fraction of sp³-hybridized carbons (Fsp3) is 0.357. The smallest absolute Gasteiger partial charge is 0.328 e. The topological polar surface area (TPSA) is 46.5 Å². The van der Waals surface area contributed by atoms with E-state index in [1.807, 2.05) is 25.1 Å². The quantitative estimate of drug-likeness (QED) is 0.607. The van der Waals surface area contributed by atoms with E-state index in [0.717, 1.165) is 35.8 Å². The Morgan fingerprint density at radius 1 is 1.47 bits per heavy atom. The first-order valence-electron chi connectivity index (χ1n) is 5.78. The summed E-state index contributed by atoms with van der Waals surface area (Å²) in [7, 11) is 0. The maximum atomic E-state index is 10.5. The minimum absolute atomic E-state index is 0.660. The molecule has 0 saturated carbocycles. The average molecular weight is 234 g/mol. The maximum absolute atomic E-state index is 10.5. The molecule has 17 heavy (non-hydrogen) atoms. The van der Waals surface area contributed by atoms with E-state index in [9.17, 15) is 4.79 Å². The van der Waals surface area contributed by atoms with Crippen molar-refractivity contribution in [1.82, 2.24) is 0 Å². The van der Waals surface area contributed by atoms with Gasteiger partial charge in [0.25, 0.3) is 0 Å². The third-order valence-corrected chi connectivity index (χ3v) is 2.33. The molecular formula is C14H18O3. The number of unbranched alkanes of at least 4 members (excludes halogenated alkanes) is 1. The molecule has 1 rings (SSSR count). The van der Waals surface area contributed by atoms with Crippen LogP contribution in [0.3, 0.4) is 0 Å². The Balaban J connectivity index is 2.83. The monoisotopic (exact) mass is 234 g/mol. The summed E-state index contributed by atoms with van der Waals surface area (Å²) >= 11 is 0. The van der Waals surface area contributed by atoms with E-state index in [4.69, 9.17) is 9.84 Å². The standard InChI is InChI=1S/C14H18O3/c1-3-4-9-17-13-7-5-11(2)10-12(13)6-8-14(15)16/h5-8,10H,3-4,9H2,1-2H3,(H,15,16). The van der Waals surface area contributed by atoms with Crippen molar-refractivity contribution in [2.24, 2.45) is 0 Å². The normalized spacial score (nSPS) is 10.7. The van der Waals surface area contributed by atoms with E-state index in [2.05, 4.69) is 6.92 Å². The summed E-state index contributed by atoms with van der Waals surface area (Å²) in [4.78, 5) is 10.5. The van der Waals surface area contributed by atoms with Crippen molar-refractivity contribution in [1.29, 1.82) is 0 Å². The first-order chi connectivity index (χ1) is 8.13. The lowest BCUT2D eigenvalue weighted by molar-refractivity contribution is -0.131. The molecule has 0 spiro atoms. The molecule has 0 heterocycles. The van der Waals surface area contributed by atoms with Crippen LogP contribution in [0.5, 0.6) is 5.75 Å². The molecule has 0 aliphatic rings. The van der Waals surface area contributed by atoms with Crippen LogP contribution >= 0.6 is 0 Å². The summed E-state index contributed by atoms with van der Waals surface area (Å²) in [6, 6.07) is 5.76. The number of rotatable bonds is 6. The van der Waals surface area contributed by atoms with Crippen LogP contribution in [0.4, 0.5) is 0 Å². The van der Waals surface area contributed by atoms with Gasteiger partial charge in [-0.2, -0.15) is 0 Å². The zero-order valence-electron chi connectivity index (χ0n) is 10.3. The summed E-state index contributed by atoms with van der Waals surface area (Å²) in [5.74, 6) is -0.215. The van der Waals surface area contributed by atoms with Gasteiger partial charge in [-0.3, -0.25) is 0 Å². The molecule has 0 aromatic heterocycles. The van der Waals surface area contributed by atoms with Crippen LogP contribution in [0, 0.1) is 6.92 Å². The van der Waals surface area contributed by atoms with E-state index >= 15 is 0 Å². The Labute approximate surface area is 102 Å². The first kappa shape index (κ1) is 13.3. The van der Waals surface area contributed by atoms with Gasteiger partial charge in [0.05, 0.1) is 6.61 Å². The van der Waals surface area contributed by atoms with Crippen molar-refractivity contribution >= 4 is 12.0 Å². The van der Waals surface area contributed by atoms with Gasteiger partial charge in [-0.1, -0.05) is 25.0 Å². The predicted molar refractivity (Wildman–Crippen MR) is 68.3 cm³/mol. The first-order valence-corrected chi connectivity index (χ1v) is 5.78. The molecule has 3 nitrogen and oxygen atoms in total. The van der Waals surface area contributed by atoms with Gasteiger partial charge in [-0.15, -0.1) is 0 Å². The maximum Gasteiger partial charge on any atom is 0.328 e. The second kappa shape index (κ2) is 6.74. The van der Waals surface area contributed by atoms with Crippen LogP contribution in [0.25, 0.3) is 6.08 Å². The second-order valence-corrected chi connectivity index (χ2v) is 3.91. The Kier molecular flexibility index (Phi) is 5.27. The summed E-state index contributed by atoms with van der Waals surface area (Å²) in [5, 5.41) is 8.62.